The topological polar surface area (TPSA) is 38.7 Å². The Morgan fingerprint density at radius 1 is 1.16 bits per heavy atom. The van der Waals surface area contributed by atoms with Gasteiger partial charge >= 0.3 is 0 Å². The summed E-state index contributed by atoms with van der Waals surface area (Å²) in [4.78, 5) is 16.5. The summed E-state index contributed by atoms with van der Waals surface area (Å²) >= 11 is 4.95. The molecule has 0 spiro atoms. The molecule has 25 heavy (non-hydrogen) atoms. The van der Waals surface area contributed by atoms with E-state index in [0.717, 1.165) is 32.1 Å². The van der Waals surface area contributed by atoms with Crippen LogP contribution < -0.4 is 0 Å². The average Bonchev–Trinajstić information content (AvgIpc) is 2.89. The van der Waals surface area contributed by atoms with Crippen molar-refractivity contribution in [2.75, 3.05) is 7.11 Å². The Labute approximate surface area is 156 Å². The molecule has 0 radical (unpaired) electrons. The lowest BCUT2D eigenvalue weighted by Crippen LogP contribution is -2.54. The van der Waals surface area contributed by atoms with Crippen molar-refractivity contribution in [3.8, 4) is 0 Å². The quantitative estimate of drug-likeness (QED) is 0.516. The van der Waals surface area contributed by atoms with Crippen molar-refractivity contribution in [2.45, 2.75) is 70.9 Å². The van der Waals surface area contributed by atoms with E-state index in [9.17, 15) is 4.79 Å². The Morgan fingerprint density at radius 2 is 1.92 bits per heavy atom. The van der Waals surface area contributed by atoms with Gasteiger partial charge in [-0.3, -0.25) is 4.79 Å². The number of fused-ring (bicyclic) bond motifs is 5. The van der Waals surface area contributed by atoms with Crippen LogP contribution in [0.1, 0.15) is 65.2 Å². The van der Waals surface area contributed by atoms with Crippen LogP contribution in [-0.4, -0.2) is 23.8 Å². The van der Waals surface area contributed by atoms with Crippen LogP contribution in [0.5, 0.6) is 0 Å². The molecular weight excluding hydrogens is 330 g/mol. The molecule has 4 aliphatic rings. The van der Waals surface area contributed by atoms with E-state index in [1.807, 2.05) is 6.08 Å². The predicted molar refractivity (Wildman–Crippen MR) is 101 cm³/mol. The van der Waals surface area contributed by atoms with E-state index in [4.69, 9.17) is 17.0 Å². The minimum absolute atomic E-state index is 0.0524. The number of allylic oxidation sites excluding steroid dienone is 1. The van der Waals surface area contributed by atoms with Crippen molar-refractivity contribution in [3.63, 3.8) is 0 Å². The molecule has 0 heterocycles. The van der Waals surface area contributed by atoms with Crippen molar-refractivity contribution in [3.05, 3.63) is 11.6 Å². The van der Waals surface area contributed by atoms with Gasteiger partial charge in [-0.25, -0.2) is 0 Å². The molecule has 0 aromatic heterocycles. The fraction of sp³-hybridized carbons (Fsp3) is 0.810. The summed E-state index contributed by atoms with van der Waals surface area (Å²) in [6.45, 7) is 4.80. The molecule has 3 fully saturated rings. The number of hydrogen-bond donors (Lipinski definition) is 0. The number of isothiocyanates is 1. The van der Waals surface area contributed by atoms with Crippen LogP contribution in [0.4, 0.5) is 0 Å². The Balaban J connectivity index is 1.70. The van der Waals surface area contributed by atoms with E-state index >= 15 is 0 Å². The van der Waals surface area contributed by atoms with E-state index in [2.05, 4.69) is 24.0 Å². The summed E-state index contributed by atoms with van der Waals surface area (Å²) in [6.07, 6.45) is 10.5. The number of carbonyl (C=O) groups excluding carboxylic acids is 1. The third kappa shape index (κ3) is 2.23. The van der Waals surface area contributed by atoms with Gasteiger partial charge in [0.1, 0.15) is 0 Å². The van der Waals surface area contributed by atoms with E-state index < -0.39 is 5.72 Å². The number of ketones is 1. The lowest BCUT2D eigenvalue weighted by Gasteiger charge is -2.58. The third-order valence-corrected chi connectivity index (χ3v) is 8.69. The molecule has 136 valence electrons. The highest BCUT2D eigenvalue weighted by Gasteiger charge is 2.65. The lowest BCUT2D eigenvalue weighted by atomic mass is 9.47. The first-order valence-electron chi connectivity index (χ1n) is 9.78. The van der Waals surface area contributed by atoms with Gasteiger partial charge < -0.3 is 4.74 Å². The monoisotopic (exact) mass is 359 g/mol. The molecular formula is C21H29NO2S. The van der Waals surface area contributed by atoms with Crippen LogP contribution in [0.25, 0.3) is 0 Å². The van der Waals surface area contributed by atoms with Gasteiger partial charge in [-0.15, -0.1) is 0 Å². The summed E-state index contributed by atoms with van der Waals surface area (Å²) in [5.41, 5.74) is 1.23. The Morgan fingerprint density at radius 3 is 2.64 bits per heavy atom. The van der Waals surface area contributed by atoms with Crippen LogP contribution >= 0.6 is 12.2 Å². The molecule has 0 aliphatic heterocycles. The highest BCUT2D eigenvalue weighted by Crippen LogP contribution is 2.68. The number of aliphatic imine (C=N–C) groups is 1. The standard InChI is InChI=1S/C21H29NO2S/c1-19-9-6-15(23)12-14(19)4-5-16-17(19)7-10-20(2)18(16)8-11-21(20,24-3)22-13-25/h12,16-18H,4-11H2,1-3H3/t16?,17-,18-,19+,20+,21?/m1/s1. The minimum Gasteiger partial charge on any atom is -0.356 e. The summed E-state index contributed by atoms with van der Waals surface area (Å²) in [7, 11) is 1.78. The van der Waals surface area contributed by atoms with E-state index in [1.165, 1.54) is 24.8 Å². The largest absolute Gasteiger partial charge is 0.356 e. The fourth-order valence-corrected chi connectivity index (χ4v) is 7.32. The molecule has 4 aliphatic carbocycles. The second kappa shape index (κ2) is 5.84. The first kappa shape index (κ1) is 17.6. The van der Waals surface area contributed by atoms with Crippen LogP contribution in [0.2, 0.25) is 0 Å². The maximum absolute atomic E-state index is 11.9. The number of methoxy groups -OCH3 is 1. The van der Waals surface area contributed by atoms with E-state index in [0.29, 0.717) is 23.5 Å². The van der Waals surface area contributed by atoms with Gasteiger partial charge in [0.15, 0.2) is 11.5 Å². The van der Waals surface area contributed by atoms with Crippen molar-refractivity contribution in [1.82, 2.24) is 0 Å². The molecule has 0 amide bonds. The summed E-state index contributed by atoms with van der Waals surface area (Å²) < 4.78 is 5.99. The van der Waals surface area contributed by atoms with Gasteiger partial charge in [0.05, 0.1) is 5.16 Å². The fourth-order valence-electron chi connectivity index (χ4n) is 7.17. The first-order valence-corrected chi connectivity index (χ1v) is 10.2. The van der Waals surface area contributed by atoms with Crippen LogP contribution in [0.3, 0.4) is 0 Å². The molecule has 3 saturated carbocycles. The molecule has 0 N–H and O–H groups in total. The number of rotatable bonds is 2. The number of ether oxygens (including phenoxy) is 1. The first-order chi connectivity index (χ1) is 11.9. The normalized spacial score (nSPS) is 48.7. The van der Waals surface area contributed by atoms with E-state index in [1.54, 1.807) is 7.11 Å². The molecule has 0 saturated heterocycles. The summed E-state index contributed by atoms with van der Waals surface area (Å²) in [5.74, 6) is 2.38. The van der Waals surface area contributed by atoms with Crippen LogP contribution in [-0.2, 0) is 9.53 Å². The van der Waals surface area contributed by atoms with Gasteiger partial charge in [0, 0.05) is 18.9 Å². The van der Waals surface area contributed by atoms with Crippen LogP contribution in [0, 0.1) is 28.6 Å². The summed E-state index contributed by atoms with van der Waals surface area (Å²) in [6, 6.07) is 0. The molecule has 2 unspecified atom stereocenters. The van der Waals surface area contributed by atoms with Gasteiger partial charge in [0.25, 0.3) is 0 Å². The number of thiocarbonyl (C=S) groups is 1. The SMILES string of the molecule is COC1(N=C=S)CC[C@@H]2C3CCC4=CC(=O)CC[C@]4(C)[C@@H]3CC[C@@]21C. The van der Waals surface area contributed by atoms with Gasteiger partial charge in [-0.05, 0) is 86.4 Å². The van der Waals surface area contributed by atoms with Crippen molar-refractivity contribution in [2.24, 2.45) is 33.6 Å². The van der Waals surface area contributed by atoms with Crippen molar-refractivity contribution in [1.29, 1.82) is 0 Å². The molecule has 0 aromatic rings. The Bertz CT molecular complexity index is 681. The Hall–Kier alpha value is -0.830. The summed E-state index contributed by atoms with van der Waals surface area (Å²) in [5, 5.41) is 2.63. The number of carbonyl (C=O) groups is 1. The molecule has 0 aromatic carbocycles. The molecule has 3 nitrogen and oxygen atoms in total. The van der Waals surface area contributed by atoms with E-state index in [-0.39, 0.29) is 10.8 Å². The predicted octanol–water partition coefficient (Wildman–Crippen LogP) is 4.96. The van der Waals surface area contributed by atoms with Gasteiger partial charge in [-0.1, -0.05) is 19.4 Å². The molecule has 4 rings (SSSR count). The number of nitrogens with zero attached hydrogens (tertiary/aromatic N) is 1. The van der Waals surface area contributed by atoms with Gasteiger partial charge in [0.2, 0.25) is 0 Å². The molecule has 0 bridgehead atoms. The molecule has 4 heteroatoms. The van der Waals surface area contributed by atoms with Crippen molar-refractivity contribution < 1.29 is 9.53 Å². The zero-order valence-electron chi connectivity index (χ0n) is 15.6. The van der Waals surface area contributed by atoms with Crippen molar-refractivity contribution >= 4 is 23.2 Å². The van der Waals surface area contributed by atoms with Crippen LogP contribution in [0.15, 0.2) is 16.6 Å². The highest BCUT2D eigenvalue weighted by atomic mass is 32.1. The third-order valence-electron chi connectivity index (χ3n) is 8.60. The van der Waals surface area contributed by atoms with Gasteiger partial charge in [-0.2, -0.15) is 4.99 Å². The minimum atomic E-state index is -0.482. The second-order valence-corrected chi connectivity index (χ2v) is 9.34. The second-order valence-electron chi connectivity index (χ2n) is 9.16. The zero-order valence-corrected chi connectivity index (χ0v) is 16.5. The maximum atomic E-state index is 11.9. The average molecular weight is 360 g/mol. The lowest BCUT2D eigenvalue weighted by molar-refractivity contribution is -0.140. The number of hydrogen-bond acceptors (Lipinski definition) is 4. The highest BCUT2D eigenvalue weighted by molar-refractivity contribution is 7.78. The zero-order chi connectivity index (χ0) is 17.9. The smallest absolute Gasteiger partial charge is 0.173 e. The maximum Gasteiger partial charge on any atom is 0.173 e. The molecule has 6 atom stereocenters. The Kier molecular flexibility index (Phi) is 4.10.